The lowest BCUT2D eigenvalue weighted by atomic mass is 9.91. The van der Waals surface area contributed by atoms with Crippen molar-refractivity contribution in [2.24, 2.45) is 14.1 Å². The number of fused-ring (bicyclic) bond motifs is 2. The van der Waals surface area contributed by atoms with Crippen molar-refractivity contribution < 1.29 is 55.2 Å². The molecule has 0 bridgehead atoms. The molecule has 0 radical (unpaired) electrons. The topological polar surface area (TPSA) is 98.4 Å². The zero-order valence-corrected chi connectivity index (χ0v) is 39.1. The molecule has 2 aromatic heterocycles. The van der Waals surface area contributed by atoms with Gasteiger partial charge in [-0.05, 0) is 135 Å². The maximum Gasteiger partial charge on any atom is 0.416 e. The predicted octanol–water partition coefficient (Wildman–Crippen LogP) is 10.0. The van der Waals surface area contributed by atoms with Crippen LogP contribution in [0, 0.1) is 41.5 Å². The number of aliphatic hydroxyl groups is 1. The number of hydrogen-bond donors (Lipinski definition) is 1. The molecule has 6 aromatic rings. The van der Waals surface area contributed by atoms with Gasteiger partial charge < -0.3 is 38.3 Å². The van der Waals surface area contributed by atoms with Crippen LogP contribution in [0.3, 0.4) is 0 Å². The molecule has 358 valence electrons. The van der Waals surface area contributed by atoms with E-state index in [0.717, 1.165) is 45.5 Å². The summed E-state index contributed by atoms with van der Waals surface area (Å²) < 4.78 is 100. The van der Waals surface area contributed by atoms with Crippen LogP contribution < -0.4 is 0 Å². The molecule has 1 N–H and O–H groups in total. The van der Waals surface area contributed by atoms with E-state index in [1.807, 2.05) is 39.0 Å². The molecule has 2 atom stereocenters. The van der Waals surface area contributed by atoms with Crippen LogP contribution in [-0.4, -0.2) is 95.6 Å². The number of nitrogens with zero attached hydrogens (tertiary/aromatic N) is 4. The van der Waals surface area contributed by atoms with Gasteiger partial charge in [-0.2, -0.15) is 26.3 Å². The van der Waals surface area contributed by atoms with Crippen molar-refractivity contribution in [3.63, 3.8) is 0 Å². The number of halogens is 6. The van der Waals surface area contributed by atoms with Gasteiger partial charge in [0.1, 0.15) is 12.2 Å². The molecule has 4 heterocycles. The second kappa shape index (κ2) is 19.1. The maximum absolute atomic E-state index is 13.4. The van der Waals surface area contributed by atoms with Crippen molar-refractivity contribution in [3.8, 4) is 0 Å². The number of methoxy groups -OCH3 is 1. The lowest BCUT2D eigenvalue weighted by molar-refractivity contribution is -0.138. The number of amides is 2. The number of carbonyl (C=O) groups excluding carboxylic acids is 2. The summed E-state index contributed by atoms with van der Waals surface area (Å²) in [4.78, 5) is 29.9. The molecule has 16 heteroatoms. The summed E-state index contributed by atoms with van der Waals surface area (Å²) in [6, 6.07) is 15.5. The summed E-state index contributed by atoms with van der Waals surface area (Å²) in [5.74, 6) is -0.174. The number of hydrogen-bond acceptors (Lipinski definition) is 6. The predicted molar refractivity (Wildman–Crippen MR) is 244 cm³/mol. The quantitative estimate of drug-likeness (QED) is 0.160. The van der Waals surface area contributed by atoms with Crippen molar-refractivity contribution in [1.29, 1.82) is 0 Å². The molecule has 67 heavy (non-hydrogen) atoms. The Balaban J connectivity index is 0.000000199. The Kier molecular flexibility index (Phi) is 14.1. The lowest BCUT2D eigenvalue weighted by Gasteiger charge is -2.29. The lowest BCUT2D eigenvalue weighted by Crippen LogP contribution is -2.41. The van der Waals surface area contributed by atoms with E-state index in [4.69, 9.17) is 14.2 Å². The Morgan fingerprint density at radius 2 is 0.970 bits per heavy atom. The van der Waals surface area contributed by atoms with Crippen molar-refractivity contribution in [2.75, 3.05) is 59.7 Å². The molecule has 4 aromatic carbocycles. The first-order valence-electron chi connectivity index (χ1n) is 22.0. The van der Waals surface area contributed by atoms with Gasteiger partial charge in [0.2, 0.25) is 0 Å². The molecule has 0 aliphatic carbocycles. The summed E-state index contributed by atoms with van der Waals surface area (Å²) >= 11 is 0. The fraction of sp³-hybridized carbons (Fsp3) is 0.412. The Morgan fingerprint density at radius 1 is 0.582 bits per heavy atom. The fourth-order valence-electron chi connectivity index (χ4n) is 9.52. The molecule has 8 rings (SSSR count). The van der Waals surface area contributed by atoms with Crippen LogP contribution in [0.15, 0.2) is 60.7 Å². The van der Waals surface area contributed by atoms with Crippen LogP contribution >= 0.6 is 0 Å². The summed E-state index contributed by atoms with van der Waals surface area (Å²) in [6.45, 7) is 14.9. The van der Waals surface area contributed by atoms with Crippen LogP contribution in [0.1, 0.15) is 99.9 Å². The van der Waals surface area contributed by atoms with E-state index >= 15 is 0 Å². The molecule has 2 aliphatic rings. The second-order valence-corrected chi connectivity index (χ2v) is 17.5. The highest BCUT2D eigenvalue weighted by molar-refractivity contribution is 5.97. The molecule has 0 spiro atoms. The Hall–Kier alpha value is -5.68. The number of rotatable bonds is 7. The number of aliphatic hydroxyl groups excluding tert-OH is 1. The normalized spacial score (nSPS) is 15.8. The van der Waals surface area contributed by atoms with E-state index in [0.29, 0.717) is 108 Å². The molecule has 2 amide bonds. The maximum atomic E-state index is 13.4. The van der Waals surface area contributed by atoms with Crippen molar-refractivity contribution in [2.45, 2.75) is 66.1 Å². The molecule has 2 unspecified atom stereocenters. The number of aryl methyl sites for hydroxylation is 6. The smallest absolute Gasteiger partial charge is 0.382 e. The molecule has 0 saturated carbocycles. The minimum absolute atomic E-state index is 0.0559. The molecule has 10 nitrogen and oxygen atoms in total. The monoisotopic (exact) mass is 934 g/mol. The Morgan fingerprint density at radius 3 is 1.39 bits per heavy atom. The fourth-order valence-corrected chi connectivity index (χ4v) is 9.52. The zero-order valence-electron chi connectivity index (χ0n) is 39.1. The van der Waals surface area contributed by atoms with Crippen LogP contribution in [0.2, 0.25) is 0 Å². The first kappa shape index (κ1) is 49.2. The van der Waals surface area contributed by atoms with Crippen LogP contribution in [0.5, 0.6) is 0 Å². The van der Waals surface area contributed by atoms with Crippen LogP contribution in [0.25, 0.3) is 21.8 Å². The average molecular weight is 935 g/mol. The zero-order chi connectivity index (χ0) is 48.9. The van der Waals surface area contributed by atoms with Crippen LogP contribution in [-0.2, 0) is 40.7 Å². The average Bonchev–Trinajstić information content (AvgIpc) is 3.81. The first-order valence-corrected chi connectivity index (χ1v) is 22.0. The number of carbonyl (C=O) groups is 2. The van der Waals surface area contributed by atoms with Gasteiger partial charge >= 0.3 is 12.4 Å². The van der Waals surface area contributed by atoms with E-state index in [1.165, 1.54) is 12.1 Å². The summed E-state index contributed by atoms with van der Waals surface area (Å²) in [5, 5.41) is 12.8. The largest absolute Gasteiger partial charge is 0.416 e. The number of alkyl halides is 6. The minimum Gasteiger partial charge on any atom is -0.382 e. The summed E-state index contributed by atoms with van der Waals surface area (Å²) in [5.41, 5.74) is 7.47. The third kappa shape index (κ3) is 9.58. The number of ether oxygens (including phenoxy) is 3. The van der Waals surface area contributed by atoms with E-state index in [9.17, 15) is 41.0 Å². The third-order valence-electron chi connectivity index (χ3n) is 13.3. The van der Waals surface area contributed by atoms with Gasteiger partial charge in [0.15, 0.2) is 0 Å². The van der Waals surface area contributed by atoms with E-state index in [1.54, 1.807) is 79.1 Å². The second-order valence-electron chi connectivity index (χ2n) is 17.5. The molecular formula is C51H56F6N4O6. The van der Waals surface area contributed by atoms with Crippen molar-refractivity contribution in [1.82, 2.24) is 18.9 Å². The minimum atomic E-state index is -4.45. The summed E-state index contributed by atoms with van der Waals surface area (Å²) in [7, 11) is 4.97. The van der Waals surface area contributed by atoms with Gasteiger partial charge in [-0.3, -0.25) is 9.59 Å². The van der Waals surface area contributed by atoms with E-state index in [-0.39, 0.29) is 11.8 Å². The number of aromatic nitrogens is 2. The number of benzene rings is 4. The van der Waals surface area contributed by atoms with Gasteiger partial charge in [0.25, 0.3) is 11.8 Å². The standard InChI is InChI=1S/C26H29F3N2O3.C25H27F3N2O3/c1-15-6-7-19(25(32)31-8-10-34-11-9-31)17(3)23(15)24(33-5)22-14-20-16(2)12-18(26(27,28)29)13-21(20)30(22)4;1-14-5-6-18(24(32)30-7-9-33-10-8-30)16(3)22(14)23(31)21-13-19-15(2)11-17(25(26,27)28)12-20(19)29(21)4/h6-7,12-14,24H,8-11H2,1-5H3;5-6,11-13,23,31H,7-10H2,1-4H3. The van der Waals surface area contributed by atoms with Gasteiger partial charge in [-0.15, -0.1) is 0 Å². The van der Waals surface area contributed by atoms with Crippen molar-refractivity contribution in [3.05, 3.63) is 139 Å². The van der Waals surface area contributed by atoms with Gasteiger partial charge in [0.05, 0.1) is 48.9 Å². The summed E-state index contributed by atoms with van der Waals surface area (Å²) in [6.07, 6.45) is -10.5. The highest BCUT2D eigenvalue weighted by Gasteiger charge is 2.34. The van der Waals surface area contributed by atoms with Crippen LogP contribution in [0.4, 0.5) is 26.3 Å². The van der Waals surface area contributed by atoms with Gasteiger partial charge in [-0.25, -0.2) is 0 Å². The SMILES string of the molecule is COC(c1c(C)ccc(C(=O)N2CCOCC2)c1C)c1cc2c(C)cc(C(F)(F)F)cc2n1C.Cc1ccc(C(=O)N2CCOCC2)c(C)c1C(O)c1cc2c(C)cc(C(F)(F)F)cc2n1C. The molecule has 2 fully saturated rings. The van der Waals surface area contributed by atoms with Gasteiger partial charge in [0, 0.05) is 80.3 Å². The van der Waals surface area contributed by atoms with E-state index in [2.05, 4.69) is 0 Å². The molecule has 2 aliphatic heterocycles. The molecular weight excluding hydrogens is 879 g/mol. The number of morpholine rings is 2. The Bertz CT molecular complexity index is 2850. The van der Waals surface area contributed by atoms with E-state index < -0.39 is 35.7 Å². The first-order chi connectivity index (χ1) is 31.5. The highest BCUT2D eigenvalue weighted by Crippen LogP contribution is 2.40. The highest BCUT2D eigenvalue weighted by atomic mass is 19.4. The molecule has 2 saturated heterocycles. The Labute approximate surface area is 385 Å². The van der Waals surface area contributed by atoms with Gasteiger partial charge in [-0.1, -0.05) is 12.1 Å². The third-order valence-corrected chi connectivity index (χ3v) is 13.3. The van der Waals surface area contributed by atoms with Crippen molar-refractivity contribution >= 4 is 33.6 Å².